The molecule has 0 fully saturated rings. The highest BCUT2D eigenvalue weighted by Gasteiger charge is 2.41. The van der Waals surface area contributed by atoms with Crippen molar-refractivity contribution in [3.05, 3.63) is 58.7 Å². The number of phenols is 1. The van der Waals surface area contributed by atoms with Crippen LogP contribution in [-0.2, 0) is 21.4 Å². The van der Waals surface area contributed by atoms with Gasteiger partial charge in [-0.05, 0) is 37.1 Å². The predicted molar refractivity (Wildman–Crippen MR) is 103 cm³/mol. The third kappa shape index (κ3) is 3.44. The molecule has 2 aromatic carbocycles. The van der Waals surface area contributed by atoms with Crippen molar-refractivity contribution in [2.45, 2.75) is 37.8 Å². The maximum Gasteiger partial charge on any atom is 0.243 e. The van der Waals surface area contributed by atoms with E-state index < -0.39 is 16.1 Å². The quantitative estimate of drug-likeness (QED) is 0.874. The van der Waals surface area contributed by atoms with Gasteiger partial charge in [-0.25, -0.2) is 8.42 Å². The monoisotopic (exact) mass is 388 g/mol. The zero-order valence-corrected chi connectivity index (χ0v) is 16.7. The Kier molecular flexibility index (Phi) is 5.01. The van der Waals surface area contributed by atoms with Gasteiger partial charge in [0.1, 0.15) is 5.75 Å². The van der Waals surface area contributed by atoms with Crippen LogP contribution >= 0.6 is 0 Å². The molecule has 1 amide bonds. The lowest BCUT2D eigenvalue weighted by molar-refractivity contribution is -0.129. The molecule has 27 heavy (non-hydrogen) atoms. The van der Waals surface area contributed by atoms with E-state index >= 15 is 0 Å². The van der Waals surface area contributed by atoms with Gasteiger partial charge in [-0.1, -0.05) is 29.8 Å². The Balaban J connectivity index is 2.09. The number of phenolic OH excluding ortho intramolecular Hbond substituents is 1. The van der Waals surface area contributed by atoms with Crippen molar-refractivity contribution >= 4 is 15.9 Å². The van der Waals surface area contributed by atoms with Crippen molar-refractivity contribution in [2.24, 2.45) is 0 Å². The molecule has 0 radical (unpaired) electrons. The van der Waals surface area contributed by atoms with Gasteiger partial charge >= 0.3 is 0 Å². The molecule has 7 heteroatoms. The summed E-state index contributed by atoms with van der Waals surface area (Å²) in [5, 5.41) is 10.5. The molecule has 1 atom stereocenters. The zero-order chi connectivity index (χ0) is 19.9. The maximum absolute atomic E-state index is 13.3. The molecule has 144 valence electrons. The van der Waals surface area contributed by atoms with E-state index in [1.807, 2.05) is 13.0 Å². The molecule has 1 heterocycles. The minimum Gasteiger partial charge on any atom is -0.507 e. The summed E-state index contributed by atoms with van der Waals surface area (Å²) in [7, 11) is -0.537. The van der Waals surface area contributed by atoms with Crippen molar-refractivity contribution in [3.8, 4) is 5.75 Å². The van der Waals surface area contributed by atoms with Crippen LogP contribution in [0.15, 0.2) is 41.3 Å². The molecule has 1 N–H and O–H groups in total. The van der Waals surface area contributed by atoms with E-state index in [9.17, 15) is 18.3 Å². The normalized spacial score (nSPS) is 17.0. The first-order chi connectivity index (χ1) is 12.6. The van der Waals surface area contributed by atoms with Gasteiger partial charge in [-0.15, -0.1) is 0 Å². The van der Waals surface area contributed by atoms with E-state index in [2.05, 4.69) is 0 Å². The Labute approximate surface area is 160 Å². The number of aryl methyl sites for hydroxylation is 2. The van der Waals surface area contributed by atoms with Crippen LogP contribution in [0.1, 0.15) is 34.7 Å². The van der Waals surface area contributed by atoms with Crippen molar-refractivity contribution in [3.63, 3.8) is 0 Å². The number of fused-ring (bicyclic) bond motifs is 1. The van der Waals surface area contributed by atoms with Gasteiger partial charge in [0.2, 0.25) is 15.9 Å². The average molecular weight is 388 g/mol. The molecule has 0 unspecified atom stereocenters. The Bertz CT molecular complexity index is 982. The van der Waals surface area contributed by atoms with Gasteiger partial charge < -0.3 is 10.0 Å². The second-order valence-corrected chi connectivity index (χ2v) is 9.06. The fourth-order valence-corrected chi connectivity index (χ4v) is 4.90. The van der Waals surface area contributed by atoms with Crippen molar-refractivity contribution in [2.75, 3.05) is 14.1 Å². The van der Waals surface area contributed by atoms with Crippen LogP contribution in [0.25, 0.3) is 0 Å². The smallest absolute Gasteiger partial charge is 0.243 e. The van der Waals surface area contributed by atoms with Gasteiger partial charge in [0, 0.05) is 32.6 Å². The van der Waals surface area contributed by atoms with Crippen LogP contribution in [0.2, 0.25) is 0 Å². The van der Waals surface area contributed by atoms with Crippen LogP contribution in [0.5, 0.6) is 5.75 Å². The van der Waals surface area contributed by atoms with E-state index in [0.29, 0.717) is 16.7 Å². The summed E-state index contributed by atoms with van der Waals surface area (Å²) in [4.78, 5) is 14.0. The number of hydrogen-bond acceptors (Lipinski definition) is 4. The number of sulfonamides is 1. The number of benzene rings is 2. The number of amides is 1. The molecule has 0 saturated carbocycles. The summed E-state index contributed by atoms with van der Waals surface area (Å²) in [5.41, 5.74) is 2.90. The lowest BCUT2D eigenvalue weighted by atomic mass is 9.99. The molecular formula is C20H24N2O4S. The molecule has 0 saturated heterocycles. The third-order valence-corrected chi connectivity index (χ3v) is 6.90. The fraction of sp³-hybridized carbons (Fsp3) is 0.350. The minimum absolute atomic E-state index is 0.0214. The summed E-state index contributed by atoms with van der Waals surface area (Å²) >= 11 is 0. The third-order valence-electron chi connectivity index (χ3n) is 5.04. The number of hydrogen-bond donors (Lipinski definition) is 1. The number of rotatable bonds is 4. The molecule has 6 nitrogen and oxygen atoms in total. The first kappa shape index (κ1) is 19.4. The van der Waals surface area contributed by atoms with E-state index in [4.69, 9.17) is 0 Å². The highest BCUT2D eigenvalue weighted by molar-refractivity contribution is 7.89. The molecular weight excluding hydrogens is 364 g/mol. The van der Waals surface area contributed by atoms with Gasteiger partial charge in [-0.3, -0.25) is 4.79 Å². The van der Waals surface area contributed by atoms with Gasteiger partial charge in [0.25, 0.3) is 0 Å². The van der Waals surface area contributed by atoms with Crippen LogP contribution in [0.4, 0.5) is 0 Å². The second-order valence-electron chi connectivity index (χ2n) is 7.17. The predicted octanol–water partition coefficient (Wildman–Crippen LogP) is 2.73. The Morgan fingerprint density at radius 1 is 1.15 bits per heavy atom. The molecule has 2 aromatic rings. The lowest BCUT2D eigenvalue weighted by Crippen LogP contribution is -2.33. The first-order valence-corrected chi connectivity index (χ1v) is 10.2. The SMILES string of the molecule is Cc1ccc(S(=O)(=O)N2Cc3c(ccc(C)c3O)[C@@H]2CC(=O)N(C)C)cc1. The van der Waals surface area contributed by atoms with Crippen LogP contribution in [0.3, 0.4) is 0 Å². The zero-order valence-electron chi connectivity index (χ0n) is 15.9. The van der Waals surface area contributed by atoms with E-state index in [1.165, 1.54) is 9.21 Å². The lowest BCUT2D eigenvalue weighted by Gasteiger charge is -2.25. The standard InChI is InChI=1S/C20H24N2O4S/c1-13-5-8-15(9-6-13)27(25,26)22-12-17-16(10-7-14(2)20(17)24)18(22)11-19(23)21(3)4/h5-10,18,24H,11-12H2,1-4H3/t18-/m0/s1. The molecule has 3 rings (SSSR count). The number of nitrogens with zero attached hydrogens (tertiary/aromatic N) is 2. The average Bonchev–Trinajstić information content (AvgIpc) is 2.98. The van der Waals surface area contributed by atoms with Gasteiger partial charge in [-0.2, -0.15) is 4.31 Å². The Morgan fingerprint density at radius 3 is 2.37 bits per heavy atom. The van der Waals surface area contributed by atoms with Gasteiger partial charge in [0.05, 0.1) is 10.9 Å². The summed E-state index contributed by atoms with van der Waals surface area (Å²) in [5.74, 6) is -0.0755. The Morgan fingerprint density at radius 2 is 1.78 bits per heavy atom. The van der Waals surface area contributed by atoms with E-state index in [-0.39, 0.29) is 29.5 Å². The molecule has 1 aliphatic heterocycles. The van der Waals surface area contributed by atoms with Crippen molar-refractivity contribution in [1.82, 2.24) is 9.21 Å². The number of aromatic hydroxyl groups is 1. The summed E-state index contributed by atoms with van der Waals surface area (Å²) in [6.45, 7) is 3.71. The van der Waals surface area contributed by atoms with E-state index in [0.717, 1.165) is 5.56 Å². The van der Waals surface area contributed by atoms with Crippen LogP contribution in [-0.4, -0.2) is 42.7 Å². The van der Waals surface area contributed by atoms with Gasteiger partial charge in [0.15, 0.2) is 0 Å². The number of carbonyl (C=O) groups excluding carboxylic acids is 1. The summed E-state index contributed by atoms with van der Waals surface area (Å²) in [6, 6.07) is 9.56. The van der Waals surface area contributed by atoms with Crippen LogP contribution < -0.4 is 0 Å². The summed E-state index contributed by atoms with van der Waals surface area (Å²) in [6.07, 6.45) is 0.0214. The first-order valence-electron chi connectivity index (χ1n) is 8.73. The highest BCUT2D eigenvalue weighted by Crippen LogP contribution is 2.44. The number of carbonyl (C=O) groups is 1. The largest absolute Gasteiger partial charge is 0.507 e. The molecule has 0 aromatic heterocycles. The van der Waals surface area contributed by atoms with E-state index in [1.54, 1.807) is 51.4 Å². The molecule has 0 aliphatic carbocycles. The second kappa shape index (κ2) is 6.98. The highest BCUT2D eigenvalue weighted by atomic mass is 32.2. The van der Waals surface area contributed by atoms with Crippen molar-refractivity contribution < 1.29 is 18.3 Å². The minimum atomic E-state index is -3.82. The maximum atomic E-state index is 13.3. The molecule has 0 spiro atoms. The van der Waals surface area contributed by atoms with Crippen LogP contribution in [0, 0.1) is 13.8 Å². The fourth-order valence-electron chi connectivity index (χ4n) is 3.33. The topological polar surface area (TPSA) is 77.9 Å². The Hall–Kier alpha value is -2.38. The summed E-state index contributed by atoms with van der Waals surface area (Å²) < 4.78 is 27.9. The molecule has 0 bridgehead atoms. The van der Waals surface area contributed by atoms with Crippen molar-refractivity contribution in [1.29, 1.82) is 0 Å². The molecule has 1 aliphatic rings.